The van der Waals surface area contributed by atoms with Crippen LogP contribution in [0.3, 0.4) is 0 Å². The maximum atomic E-state index is 6.14. The van der Waals surface area contributed by atoms with Crippen molar-refractivity contribution in [3.8, 4) is 5.75 Å². The van der Waals surface area contributed by atoms with Crippen LogP contribution in [0.4, 0.5) is 0 Å². The Morgan fingerprint density at radius 1 is 1.32 bits per heavy atom. The Balaban J connectivity index is 2.20. The normalized spacial score (nSPS) is 18.1. The third-order valence-electron chi connectivity index (χ3n) is 4.67. The van der Waals surface area contributed by atoms with Crippen LogP contribution in [0, 0.1) is 6.92 Å². The van der Waals surface area contributed by atoms with E-state index in [1.54, 1.807) is 7.11 Å². The van der Waals surface area contributed by atoms with Gasteiger partial charge in [-0.05, 0) is 37.5 Å². The standard InChI is InChI=1S/C16H22N2O/c1-11-15(16(10-17)7-3-4-8-16)13-6-5-12(19-2)9-14(13)18-11/h5-6,9,18H,3-4,7-8,10,17H2,1-2H3. The summed E-state index contributed by atoms with van der Waals surface area (Å²) < 4.78 is 5.30. The van der Waals surface area contributed by atoms with Crippen LogP contribution in [-0.4, -0.2) is 18.6 Å². The molecule has 19 heavy (non-hydrogen) atoms. The van der Waals surface area contributed by atoms with Crippen molar-refractivity contribution in [3.63, 3.8) is 0 Å². The van der Waals surface area contributed by atoms with Crippen molar-refractivity contribution in [1.29, 1.82) is 0 Å². The Morgan fingerprint density at radius 3 is 2.68 bits per heavy atom. The van der Waals surface area contributed by atoms with Crippen molar-refractivity contribution in [2.24, 2.45) is 5.73 Å². The van der Waals surface area contributed by atoms with Gasteiger partial charge in [0.2, 0.25) is 0 Å². The number of fused-ring (bicyclic) bond motifs is 1. The summed E-state index contributed by atoms with van der Waals surface area (Å²) in [5.74, 6) is 0.897. The fraction of sp³-hybridized carbons (Fsp3) is 0.500. The predicted molar refractivity (Wildman–Crippen MR) is 78.8 cm³/mol. The first-order valence-electron chi connectivity index (χ1n) is 7.07. The summed E-state index contributed by atoms with van der Waals surface area (Å²) in [6, 6.07) is 6.28. The molecule has 1 aromatic carbocycles. The van der Waals surface area contributed by atoms with Crippen LogP contribution in [0.2, 0.25) is 0 Å². The van der Waals surface area contributed by atoms with Gasteiger partial charge in [-0.3, -0.25) is 0 Å². The van der Waals surface area contributed by atoms with Gasteiger partial charge < -0.3 is 15.5 Å². The number of benzene rings is 1. The zero-order valence-electron chi connectivity index (χ0n) is 11.8. The summed E-state index contributed by atoms with van der Waals surface area (Å²) >= 11 is 0. The number of H-pyrrole nitrogens is 1. The second-order valence-electron chi connectivity index (χ2n) is 5.73. The number of aromatic nitrogens is 1. The van der Waals surface area contributed by atoms with E-state index >= 15 is 0 Å². The third-order valence-corrected chi connectivity index (χ3v) is 4.67. The minimum absolute atomic E-state index is 0.178. The van der Waals surface area contributed by atoms with E-state index in [1.807, 2.05) is 6.07 Å². The van der Waals surface area contributed by atoms with Crippen LogP contribution in [0.5, 0.6) is 5.75 Å². The highest BCUT2D eigenvalue weighted by atomic mass is 16.5. The second-order valence-corrected chi connectivity index (χ2v) is 5.73. The number of nitrogens with one attached hydrogen (secondary N) is 1. The number of aromatic amines is 1. The lowest BCUT2D eigenvalue weighted by molar-refractivity contribution is 0.415. The first-order chi connectivity index (χ1) is 9.20. The van der Waals surface area contributed by atoms with E-state index in [1.165, 1.54) is 42.3 Å². The van der Waals surface area contributed by atoms with Crippen molar-refractivity contribution in [3.05, 3.63) is 29.5 Å². The molecule has 1 fully saturated rings. The molecular weight excluding hydrogens is 236 g/mol. The van der Waals surface area contributed by atoms with Crippen LogP contribution in [-0.2, 0) is 5.41 Å². The molecule has 3 nitrogen and oxygen atoms in total. The van der Waals surface area contributed by atoms with E-state index in [9.17, 15) is 0 Å². The highest BCUT2D eigenvalue weighted by Gasteiger charge is 2.37. The molecule has 0 amide bonds. The van der Waals surface area contributed by atoms with Crippen molar-refractivity contribution in [2.45, 2.75) is 38.0 Å². The summed E-state index contributed by atoms with van der Waals surface area (Å²) in [5.41, 5.74) is 10.2. The van der Waals surface area contributed by atoms with Crippen LogP contribution >= 0.6 is 0 Å². The van der Waals surface area contributed by atoms with Crippen LogP contribution in [0.15, 0.2) is 18.2 Å². The van der Waals surface area contributed by atoms with Crippen LogP contribution in [0.1, 0.15) is 36.9 Å². The fourth-order valence-electron chi connectivity index (χ4n) is 3.73. The average molecular weight is 258 g/mol. The molecule has 3 rings (SSSR count). The number of ether oxygens (including phenoxy) is 1. The topological polar surface area (TPSA) is 51.0 Å². The summed E-state index contributed by atoms with van der Waals surface area (Å²) in [6.07, 6.45) is 5.01. The first kappa shape index (κ1) is 12.5. The summed E-state index contributed by atoms with van der Waals surface area (Å²) in [7, 11) is 1.70. The monoisotopic (exact) mass is 258 g/mol. The van der Waals surface area contributed by atoms with Crippen molar-refractivity contribution in [1.82, 2.24) is 4.98 Å². The van der Waals surface area contributed by atoms with Gasteiger partial charge >= 0.3 is 0 Å². The van der Waals surface area contributed by atoms with E-state index in [0.717, 1.165) is 17.8 Å². The lowest BCUT2D eigenvalue weighted by Gasteiger charge is -2.28. The molecular formula is C16H22N2O. The Bertz CT molecular complexity index is 594. The van der Waals surface area contributed by atoms with E-state index in [0.29, 0.717) is 0 Å². The van der Waals surface area contributed by atoms with Crippen molar-refractivity contribution < 1.29 is 4.74 Å². The van der Waals surface area contributed by atoms with E-state index in [-0.39, 0.29) is 5.41 Å². The molecule has 1 heterocycles. The van der Waals surface area contributed by atoms with Gasteiger partial charge in [-0.25, -0.2) is 0 Å². The number of hydrogen-bond acceptors (Lipinski definition) is 2. The summed E-state index contributed by atoms with van der Waals surface area (Å²) in [4.78, 5) is 3.50. The van der Waals surface area contributed by atoms with Crippen molar-refractivity contribution in [2.75, 3.05) is 13.7 Å². The number of hydrogen-bond donors (Lipinski definition) is 2. The molecule has 2 aromatic rings. The lowest BCUT2D eigenvalue weighted by atomic mass is 9.77. The van der Waals surface area contributed by atoms with E-state index in [2.05, 4.69) is 24.0 Å². The third kappa shape index (κ3) is 1.84. The lowest BCUT2D eigenvalue weighted by Crippen LogP contribution is -2.32. The molecule has 0 aliphatic heterocycles. The smallest absolute Gasteiger partial charge is 0.120 e. The minimum atomic E-state index is 0.178. The first-order valence-corrected chi connectivity index (χ1v) is 7.07. The van der Waals surface area contributed by atoms with E-state index < -0.39 is 0 Å². The zero-order valence-corrected chi connectivity index (χ0v) is 11.8. The number of rotatable bonds is 3. The number of methoxy groups -OCH3 is 1. The number of aryl methyl sites for hydroxylation is 1. The van der Waals surface area contributed by atoms with Gasteiger partial charge in [0.1, 0.15) is 5.75 Å². The molecule has 3 N–H and O–H groups in total. The summed E-state index contributed by atoms with van der Waals surface area (Å²) in [5, 5.41) is 1.31. The molecule has 0 spiro atoms. The fourth-order valence-corrected chi connectivity index (χ4v) is 3.73. The molecule has 1 aromatic heterocycles. The Kier molecular flexibility index (Phi) is 3.02. The molecule has 1 aliphatic carbocycles. The molecule has 0 radical (unpaired) electrons. The van der Waals surface area contributed by atoms with Crippen LogP contribution in [0.25, 0.3) is 10.9 Å². The van der Waals surface area contributed by atoms with Gasteiger partial charge in [0.15, 0.2) is 0 Å². The molecule has 1 saturated carbocycles. The Morgan fingerprint density at radius 2 is 2.05 bits per heavy atom. The maximum Gasteiger partial charge on any atom is 0.120 e. The number of nitrogens with two attached hydrogens (primary N) is 1. The average Bonchev–Trinajstić information content (AvgIpc) is 3.01. The zero-order chi connectivity index (χ0) is 13.5. The Hall–Kier alpha value is -1.48. The highest BCUT2D eigenvalue weighted by molar-refractivity contribution is 5.87. The predicted octanol–water partition coefficient (Wildman–Crippen LogP) is 3.26. The van der Waals surface area contributed by atoms with E-state index in [4.69, 9.17) is 10.5 Å². The molecule has 0 atom stereocenters. The molecule has 0 saturated heterocycles. The SMILES string of the molecule is COc1ccc2c(C3(CN)CCCC3)c(C)[nH]c2c1. The van der Waals surface area contributed by atoms with Gasteiger partial charge in [-0.2, -0.15) is 0 Å². The molecule has 0 bridgehead atoms. The van der Waals surface area contributed by atoms with Gasteiger partial charge in [-0.15, -0.1) is 0 Å². The summed E-state index contributed by atoms with van der Waals surface area (Å²) in [6.45, 7) is 2.91. The van der Waals surface area contributed by atoms with Gasteiger partial charge in [0.25, 0.3) is 0 Å². The van der Waals surface area contributed by atoms with Gasteiger partial charge in [0.05, 0.1) is 7.11 Å². The minimum Gasteiger partial charge on any atom is -0.497 e. The van der Waals surface area contributed by atoms with Gasteiger partial charge in [0, 0.05) is 34.6 Å². The second kappa shape index (κ2) is 4.57. The highest BCUT2D eigenvalue weighted by Crippen LogP contribution is 2.45. The van der Waals surface area contributed by atoms with Crippen LogP contribution < -0.4 is 10.5 Å². The Labute approximate surface area is 114 Å². The molecule has 1 aliphatic rings. The molecule has 3 heteroatoms. The largest absolute Gasteiger partial charge is 0.497 e. The van der Waals surface area contributed by atoms with Crippen molar-refractivity contribution >= 4 is 10.9 Å². The molecule has 102 valence electrons. The van der Waals surface area contributed by atoms with Gasteiger partial charge in [-0.1, -0.05) is 12.8 Å². The maximum absolute atomic E-state index is 6.14. The quantitative estimate of drug-likeness (QED) is 0.888. The molecule has 0 unspecified atom stereocenters.